The molecule has 2 aliphatic rings. The van der Waals surface area contributed by atoms with E-state index in [4.69, 9.17) is 0 Å². The Morgan fingerprint density at radius 3 is 2.69 bits per heavy atom. The van der Waals surface area contributed by atoms with Gasteiger partial charge in [-0.1, -0.05) is 26.0 Å². The second-order valence-corrected chi connectivity index (χ2v) is 9.43. The molecule has 0 bridgehead atoms. The Labute approximate surface area is 190 Å². The minimum absolute atomic E-state index is 0.126. The smallest absolute Gasteiger partial charge is 0.325 e. The Morgan fingerprint density at radius 2 is 2.06 bits per heavy atom. The molecule has 1 N–H and O–H groups in total. The fourth-order valence-electron chi connectivity index (χ4n) is 4.68. The average Bonchev–Trinajstić information content (AvgIpc) is 3.37. The third-order valence-corrected chi connectivity index (χ3v) is 6.66. The number of likely N-dealkylation sites (tertiary alicyclic amines) is 1. The van der Waals surface area contributed by atoms with Gasteiger partial charge in [0, 0.05) is 26.1 Å². The molecule has 2 saturated heterocycles. The number of urea groups is 1. The molecule has 1 unspecified atom stereocenters. The van der Waals surface area contributed by atoms with E-state index in [1.165, 1.54) is 23.2 Å². The van der Waals surface area contributed by atoms with Crippen LogP contribution in [-0.4, -0.2) is 61.6 Å². The Morgan fingerprint density at radius 1 is 1.31 bits per heavy atom. The molecule has 10 heteroatoms. The molecular formula is C22H26FN5O3S. The van der Waals surface area contributed by atoms with E-state index < -0.39 is 11.6 Å². The Bertz CT molecular complexity index is 1010. The molecule has 2 aromatic rings. The largest absolute Gasteiger partial charge is 0.337 e. The quantitative estimate of drug-likeness (QED) is 0.670. The summed E-state index contributed by atoms with van der Waals surface area (Å²) in [5, 5.41) is 2.97. The van der Waals surface area contributed by atoms with Gasteiger partial charge in [-0.15, -0.1) is 0 Å². The van der Waals surface area contributed by atoms with E-state index in [0.717, 1.165) is 11.7 Å². The number of nitrogens with one attached hydrogen (secondary N) is 1. The molecular weight excluding hydrogens is 433 g/mol. The van der Waals surface area contributed by atoms with E-state index in [9.17, 15) is 18.8 Å². The van der Waals surface area contributed by atoms with Crippen molar-refractivity contribution < 1.29 is 18.8 Å². The van der Waals surface area contributed by atoms with Crippen molar-refractivity contribution in [1.82, 2.24) is 23.9 Å². The SMILES string of the molecule is CC(C)CN1C(=O)NC(Cc2cccc(F)c2)(C2CCN(C(=O)c3cnsn3)CC2)C1=O. The standard InChI is InChI=1S/C22H26FN5O3S/c1-14(2)13-28-20(30)22(25-21(28)31,11-15-4-3-5-17(23)10-15)16-6-8-27(9-7-16)19(29)18-12-24-32-26-18/h3-5,10,12,14,16H,6-9,11,13H2,1-2H3,(H,25,31). The van der Waals surface area contributed by atoms with Crippen LogP contribution >= 0.6 is 11.7 Å². The van der Waals surface area contributed by atoms with Gasteiger partial charge in [-0.3, -0.25) is 14.5 Å². The zero-order valence-electron chi connectivity index (χ0n) is 18.1. The van der Waals surface area contributed by atoms with Crippen LogP contribution in [0.15, 0.2) is 30.5 Å². The molecule has 2 fully saturated rings. The maximum Gasteiger partial charge on any atom is 0.325 e. The molecule has 1 aromatic heterocycles. The van der Waals surface area contributed by atoms with Crippen molar-refractivity contribution in [3.8, 4) is 0 Å². The first-order valence-electron chi connectivity index (χ1n) is 10.8. The second-order valence-electron chi connectivity index (χ2n) is 8.88. The van der Waals surface area contributed by atoms with Crippen LogP contribution in [0.1, 0.15) is 42.7 Å². The van der Waals surface area contributed by atoms with Crippen molar-refractivity contribution >= 4 is 29.6 Å². The molecule has 2 aliphatic heterocycles. The van der Waals surface area contributed by atoms with Crippen LogP contribution in [0.4, 0.5) is 9.18 Å². The topological polar surface area (TPSA) is 95.5 Å². The molecule has 3 heterocycles. The first kappa shape index (κ1) is 22.3. The van der Waals surface area contributed by atoms with Crippen molar-refractivity contribution in [2.24, 2.45) is 11.8 Å². The summed E-state index contributed by atoms with van der Waals surface area (Å²) >= 11 is 0.984. The number of benzene rings is 1. The summed E-state index contributed by atoms with van der Waals surface area (Å²) in [6.07, 6.45) is 2.74. The van der Waals surface area contributed by atoms with Crippen LogP contribution in [0.5, 0.6) is 0 Å². The molecule has 1 atom stereocenters. The van der Waals surface area contributed by atoms with Gasteiger partial charge in [0.25, 0.3) is 11.8 Å². The van der Waals surface area contributed by atoms with Crippen LogP contribution < -0.4 is 5.32 Å². The molecule has 8 nitrogen and oxygen atoms in total. The van der Waals surface area contributed by atoms with E-state index >= 15 is 0 Å². The zero-order valence-corrected chi connectivity index (χ0v) is 18.9. The molecule has 4 amide bonds. The molecule has 4 rings (SSSR count). The predicted molar refractivity (Wildman–Crippen MR) is 116 cm³/mol. The molecule has 1 aromatic carbocycles. The summed E-state index contributed by atoms with van der Waals surface area (Å²) < 4.78 is 21.8. The lowest BCUT2D eigenvalue weighted by atomic mass is 9.73. The Hall–Kier alpha value is -2.88. The molecule has 0 spiro atoms. The highest BCUT2D eigenvalue weighted by Crippen LogP contribution is 2.37. The summed E-state index contributed by atoms with van der Waals surface area (Å²) in [5.41, 5.74) is -0.190. The number of nitrogens with zero attached hydrogens (tertiary/aromatic N) is 4. The third-order valence-electron chi connectivity index (χ3n) is 6.18. The van der Waals surface area contributed by atoms with Crippen LogP contribution in [0.3, 0.4) is 0 Å². The van der Waals surface area contributed by atoms with Crippen molar-refractivity contribution in [2.75, 3.05) is 19.6 Å². The minimum Gasteiger partial charge on any atom is -0.337 e. The zero-order chi connectivity index (χ0) is 22.9. The highest BCUT2D eigenvalue weighted by Gasteiger charge is 2.56. The fraction of sp³-hybridized carbons (Fsp3) is 0.500. The predicted octanol–water partition coefficient (Wildman–Crippen LogP) is 2.72. The van der Waals surface area contributed by atoms with E-state index in [2.05, 4.69) is 14.1 Å². The summed E-state index contributed by atoms with van der Waals surface area (Å²) in [6.45, 7) is 5.11. The number of carbonyl (C=O) groups is 3. The lowest BCUT2D eigenvalue weighted by molar-refractivity contribution is -0.134. The number of halogens is 1. The van der Waals surface area contributed by atoms with Crippen LogP contribution in [-0.2, 0) is 11.2 Å². The van der Waals surface area contributed by atoms with E-state index in [0.29, 0.717) is 43.7 Å². The van der Waals surface area contributed by atoms with Gasteiger partial charge in [0.15, 0.2) is 5.69 Å². The molecule has 0 saturated carbocycles. The van der Waals surface area contributed by atoms with Gasteiger partial charge in [-0.05, 0) is 42.4 Å². The summed E-state index contributed by atoms with van der Waals surface area (Å²) in [4.78, 5) is 42.0. The van der Waals surface area contributed by atoms with Crippen molar-refractivity contribution in [2.45, 2.75) is 38.6 Å². The lowest BCUT2D eigenvalue weighted by Crippen LogP contribution is -2.58. The minimum atomic E-state index is -1.16. The van der Waals surface area contributed by atoms with E-state index in [-0.39, 0.29) is 35.9 Å². The first-order chi connectivity index (χ1) is 15.3. The van der Waals surface area contributed by atoms with E-state index in [1.54, 1.807) is 17.0 Å². The van der Waals surface area contributed by atoms with Crippen LogP contribution in [0, 0.1) is 17.7 Å². The maximum atomic E-state index is 13.9. The number of carbonyl (C=O) groups excluding carboxylic acids is 3. The molecule has 170 valence electrons. The summed E-state index contributed by atoms with van der Waals surface area (Å²) in [5.74, 6) is -0.892. The second kappa shape index (κ2) is 8.93. The van der Waals surface area contributed by atoms with Gasteiger partial charge in [0.05, 0.1) is 17.9 Å². The van der Waals surface area contributed by atoms with Crippen molar-refractivity contribution in [3.05, 3.63) is 47.5 Å². The lowest BCUT2D eigenvalue weighted by Gasteiger charge is -2.41. The van der Waals surface area contributed by atoms with Crippen molar-refractivity contribution in [3.63, 3.8) is 0 Å². The van der Waals surface area contributed by atoms with Gasteiger partial charge >= 0.3 is 6.03 Å². The number of hydrogen-bond donors (Lipinski definition) is 1. The number of amides is 4. The highest BCUT2D eigenvalue weighted by atomic mass is 32.1. The molecule has 0 radical (unpaired) electrons. The monoisotopic (exact) mass is 459 g/mol. The van der Waals surface area contributed by atoms with Crippen LogP contribution in [0.25, 0.3) is 0 Å². The normalized spacial score (nSPS) is 22.0. The van der Waals surface area contributed by atoms with Gasteiger partial charge in [0.1, 0.15) is 11.4 Å². The van der Waals surface area contributed by atoms with Gasteiger partial charge in [0.2, 0.25) is 0 Å². The number of rotatable bonds is 6. The summed E-state index contributed by atoms with van der Waals surface area (Å²) in [7, 11) is 0. The fourth-order valence-corrected chi connectivity index (χ4v) is 5.09. The number of imide groups is 1. The third kappa shape index (κ3) is 4.23. The van der Waals surface area contributed by atoms with E-state index in [1.807, 2.05) is 13.8 Å². The Kier molecular flexibility index (Phi) is 6.23. The average molecular weight is 460 g/mol. The van der Waals surface area contributed by atoms with Crippen LogP contribution in [0.2, 0.25) is 0 Å². The van der Waals surface area contributed by atoms with Gasteiger partial charge in [-0.25, -0.2) is 9.18 Å². The number of aromatic nitrogens is 2. The maximum absolute atomic E-state index is 13.9. The first-order valence-corrected chi connectivity index (χ1v) is 11.5. The van der Waals surface area contributed by atoms with Crippen molar-refractivity contribution in [1.29, 1.82) is 0 Å². The highest BCUT2D eigenvalue weighted by molar-refractivity contribution is 6.99. The number of hydrogen-bond acceptors (Lipinski definition) is 6. The number of piperidine rings is 1. The Balaban J connectivity index is 1.58. The molecule has 0 aliphatic carbocycles. The van der Waals surface area contributed by atoms with Gasteiger partial charge < -0.3 is 10.2 Å². The summed E-state index contributed by atoms with van der Waals surface area (Å²) in [6, 6.07) is 5.72. The molecule has 32 heavy (non-hydrogen) atoms. The van der Waals surface area contributed by atoms with Gasteiger partial charge in [-0.2, -0.15) is 8.75 Å².